The highest BCUT2D eigenvalue weighted by Gasteiger charge is 2.73. The molecule has 0 aromatic heterocycles. The van der Waals surface area contributed by atoms with Crippen molar-refractivity contribution in [2.75, 3.05) is 13.2 Å². The van der Waals surface area contributed by atoms with Crippen molar-refractivity contribution in [2.45, 2.75) is 103 Å². The van der Waals surface area contributed by atoms with Crippen molar-refractivity contribution < 1.29 is 4.79 Å². The first-order chi connectivity index (χ1) is 13.1. The summed E-state index contributed by atoms with van der Waals surface area (Å²) >= 11 is 0. The largest absolute Gasteiger partial charge is 0.332 e. The first-order valence-electron chi connectivity index (χ1n) is 11.9. The van der Waals surface area contributed by atoms with Gasteiger partial charge < -0.3 is 10.2 Å². The number of hydrogen-bond donors (Lipinski definition) is 2. The zero-order valence-corrected chi connectivity index (χ0v) is 18.7. The second kappa shape index (κ2) is 5.97. The van der Waals surface area contributed by atoms with E-state index in [1.54, 1.807) is 0 Å². The van der Waals surface area contributed by atoms with E-state index >= 15 is 0 Å². The van der Waals surface area contributed by atoms with Crippen LogP contribution in [0.3, 0.4) is 0 Å². The molecule has 5 fully saturated rings. The molecule has 0 radical (unpaired) electrons. The van der Waals surface area contributed by atoms with Crippen LogP contribution in [0.1, 0.15) is 86.0 Å². The summed E-state index contributed by atoms with van der Waals surface area (Å²) < 4.78 is 0. The number of amides is 1. The van der Waals surface area contributed by atoms with Crippen LogP contribution >= 0.6 is 0 Å². The van der Waals surface area contributed by atoms with Gasteiger partial charge in [0.1, 0.15) is 0 Å². The van der Waals surface area contributed by atoms with Crippen LogP contribution in [0.2, 0.25) is 0 Å². The molecule has 5 rings (SSSR count). The molecule has 1 spiro atoms. The van der Waals surface area contributed by atoms with Gasteiger partial charge in [-0.05, 0) is 94.3 Å². The number of piperidine rings is 1. The normalized spacial score (nSPS) is 49.9. The van der Waals surface area contributed by atoms with E-state index in [0.717, 1.165) is 43.8 Å². The zero-order valence-electron chi connectivity index (χ0n) is 18.7. The topological polar surface area (TPSA) is 44.1 Å². The molecule has 5 aliphatic rings. The Morgan fingerprint density at radius 1 is 1.04 bits per heavy atom. The molecule has 0 bridgehead atoms. The third-order valence-electron chi connectivity index (χ3n) is 10.2. The first-order valence-corrected chi connectivity index (χ1v) is 11.9. The average molecular weight is 388 g/mol. The molecule has 2 heterocycles. The van der Waals surface area contributed by atoms with Gasteiger partial charge in [0, 0.05) is 31.2 Å². The van der Waals surface area contributed by atoms with E-state index in [1.165, 1.54) is 38.5 Å². The van der Waals surface area contributed by atoms with Crippen LogP contribution in [0.5, 0.6) is 0 Å². The predicted octanol–water partition coefficient (Wildman–Crippen LogP) is 3.91. The van der Waals surface area contributed by atoms with Crippen molar-refractivity contribution in [2.24, 2.45) is 28.6 Å². The third-order valence-corrected chi connectivity index (χ3v) is 10.2. The van der Waals surface area contributed by atoms with Crippen LogP contribution in [0.25, 0.3) is 0 Å². The van der Waals surface area contributed by atoms with E-state index in [1.807, 2.05) is 0 Å². The fourth-order valence-electron chi connectivity index (χ4n) is 8.47. The predicted molar refractivity (Wildman–Crippen MR) is 113 cm³/mol. The SMILES string of the molecule is CC(C)(C)NCNC1CCC2C3CC[C@@]45CN4C(=O)CCC5(C)C3CCC12C. The maximum Gasteiger partial charge on any atom is 0.223 e. The molecule has 4 nitrogen and oxygen atoms in total. The number of rotatable bonds is 3. The Hall–Kier alpha value is -0.610. The number of hydrogen-bond acceptors (Lipinski definition) is 3. The Morgan fingerprint density at radius 2 is 1.82 bits per heavy atom. The van der Waals surface area contributed by atoms with Gasteiger partial charge in [-0.3, -0.25) is 10.1 Å². The van der Waals surface area contributed by atoms with Gasteiger partial charge in [-0.1, -0.05) is 13.8 Å². The molecule has 158 valence electrons. The van der Waals surface area contributed by atoms with Gasteiger partial charge in [0.15, 0.2) is 0 Å². The lowest BCUT2D eigenvalue weighted by Gasteiger charge is -2.60. The molecule has 2 saturated heterocycles. The van der Waals surface area contributed by atoms with Gasteiger partial charge in [0.05, 0.1) is 5.54 Å². The van der Waals surface area contributed by atoms with E-state index < -0.39 is 0 Å². The lowest BCUT2D eigenvalue weighted by molar-refractivity contribution is -0.143. The van der Waals surface area contributed by atoms with E-state index in [-0.39, 0.29) is 11.1 Å². The molecule has 28 heavy (non-hydrogen) atoms. The summed E-state index contributed by atoms with van der Waals surface area (Å²) in [6, 6.07) is 0.655. The standard InChI is InChI=1S/C24H41N3O/c1-21(2,3)26-15-25-19-7-6-17-16-8-13-24-14-27(24)20(28)10-12-23(24,5)18(16)9-11-22(17,19)4/h16-19,25-26H,6-15H2,1-5H3/t16?,17?,18?,19?,22?,23?,24-,27?/m0/s1. The summed E-state index contributed by atoms with van der Waals surface area (Å²) in [6.45, 7) is 13.9. The fourth-order valence-corrected chi connectivity index (χ4v) is 8.47. The van der Waals surface area contributed by atoms with E-state index in [0.29, 0.717) is 22.8 Å². The van der Waals surface area contributed by atoms with Gasteiger partial charge in [0.25, 0.3) is 0 Å². The molecule has 1 amide bonds. The molecule has 0 aromatic rings. The summed E-state index contributed by atoms with van der Waals surface area (Å²) in [5, 5.41) is 7.52. The quantitative estimate of drug-likeness (QED) is 0.570. The highest BCUT2D eigenvalue weighted by molar-refractivity contribution is 5.82. The van der Waals surface area contributed by atoms with Crippen LogP contribution < -0.4 is 10.6 Å². The Morgan fingerprint density at radius 3 is 2.57 bits per heavy atom. The molecular formula is C24H41N3O. The molecule has 0 aromatic carbocycles. The van der Waals surface area contributed by atoms with Gasteiger partial charge in [-0.2, -0.15) is 0 Å². The number of nitrogens with one attached hydrogen (secondary N) is 2. The van der Waals surface area contributed by atoms with Crippen molar-refractivity contribution >= 4 is 5.91 Å². The van der Waals surface area contributed by atoms with Crippen LogP contribution in [0, 0.1) is 28.6 Å². The van der Waals surface area contributed by atoms with Crippen LogP contribution in [-0.2, 0) is 4.79 Å². The van der Waals surface area contributed by atoms with Gasteiger partial charge in [-0.25, -0.2) is 0 Å². The van der Waals surface area contributed by atoms with Crippen molar-refractivity contribution in [1.82, 2.24) is 15.5 Å². The Kier molecular flexibility index (Phi) is 4.13. The minimum atomic E-state index is 0.171. The third kappa shape index (κ3) is 2.52. The van der Waals surface area contributed by atoms with Gasteiger partial charge >= 0.3 is 0 Å². The maximum absolute atomic E-state index is 12.3. The number of fused-ring (bicyclic) bond motifs is 4. The Bertz CT molecular complexity index is 671. The minimum absolute atomic E-state index is 0.171. The van der Waals surface area contributed by atoms with Crippen LogP contribution in [0.4, 0.5) is 0 Å². The molecule has 6 unspecified atom stereocenters. The second-order valence-corrected chi connectivity index (χ2v) is 12.3. The lowest BCUT2D eigenvalue weighted by atomic mass is 9.46. The summed E-state index contributed by atoms with van der Waals surface area (Å²) in [4.78, 5) is 14.6. The monoisotopic (exact) mass is 387 g/mol. The molecule has 2 aliphatic heterocycles. The highest BCUT2D eigenvalue weighted by atomic mass is 16.2. The van der Waals surface area contributed by atoms with E-state index in [2.05, 4.69) is 50.2 Å². The van der Waals surface area contributed by atoms with Gasteiger partial charge in [0.2, 0.25) is 5.91 Å². The smallest absolute Gasteiger partial charge is 0.223 e. The summed E-state index contributed by atoms with van der Waals surface area (Å²) in [5.74, 6) is 3.03. The van der Waals surface area contributed by atoms with E-state index in [9.17, 15) is 4.79 Å². The van der Waals surface area contributed by atoms with Crippen molar-refractivity contribution in [3.63, 3.8) is 0 Å². The summed E-state index contributed by atoms with van der Waals surface area (Å²) in [6.07, 6.45) is 10.0. The molecule has 4 heteroatoms. The Labute approximate surface area is 171 Å². The summed E-state index contributed by atoms with van der Waals surface area (Å²) in [7, 11) is 0. The van der Waals surface area contributed by atoms with Crippen LogP contribution in [0.15, 0.2) is 0 Å². The molecule has 3 aliphatic carbocycles. The average Bonchev–Trinajstić information content (AvgIpc) is 3.28. The van der Waals surface area contributed by atoms with Crippen molar-refractivity contribution in [1.29, 1.82) is 0 Å². The highest BCUT2D eigenvalue weighted by Crippen LogP contribution is 2.70. The molecular weight excluding hydrogens is 346 g/mol. The maximum atomic E-state index is 12.3. The molecule has 7 atom stereocenters. The van der Waals surface area contributed by atoms with Crippen molar-refractivity contribution in [3.8, 4) is 0 Å². The van der Waals surface area contributed by atoms with Gasteiger partial charge in [-0.15, -0.1) is 0 Å². The number of carbonyl (C=O) groups excluding carboxylic acids is 1. The zero-order chi connectivity index (χ0) is 19.9. The van der Waals surface area contributed by atoms with Crippen LogP contribution in [-0.4, -0.2) is 41.1 Å². The van der Waals surface area contributed by atoms with E-state index in [4.69, 9.17) is 0 Å². The summed E-state index contributed by atoms with van der Waals surface area (Å²) in [5.41, 5.74) is 1.26. The molecule has 2 N–H and O–H groups in total. The minimum Gasteiger partial charge on any atom is -0.332 e. The molecule has 3 saturated carbocycles. The Balaban J connectivity index is 1.32. The number of nitrogens with zero attached hydrogens (tertiary/aromatic N) is 1. The number of carbonyl (C=O) groups is 1. The fraction of sp³-hybridized carbons (Fsp3) is 0.958. The first kappa shape index (κ1) is 19.4. The lowest BCUT2D eigenvalue weighted by Crippen LogP contribution is -2.60. The second-order valence-electron chi connectivity index (χ2n) is 12.3. The van der Waals surface area contributed by atoms with Crippen molar-refractivity contribution in [3.05, 3.63) is 0 Å².